The SMILES string of the molecule is CCN(C=NS(=O)(=O)c1ccc(Br)cc1)CC. The van der Waals surface area contributed by atoms with Gasteiger partial charge in [0, 0.05) is 17.6 Å². The lowest BCUT2D eigenvalue weighted by atomic mass is 10.4. The third kappa shape index (κ3) is 4.12. The van der Waals surface area contributed by atoms with Crippen LogP contribution in [-0.2, 0) is 10.0 Å². The van der Waals surface area contributed by atoms with Crippen molar-refractivity contribution in [1.29, 1.82) is 0 Å². The van der Waals surface area contributed by atoms with Crippen LogP contribution in [0.2, 0.25) is 0 Å². The molecule has 94 valence electrons. The minimum atomic E-state index is -3.59. The van der Waals surface area contributed by atoms with Gasteiger partial charge < -0.3 is 4.90 Å². The third-order valence-electron chi connectivity index (χ3n) is 2.27. The van der Waals surface area contributed by atoms with Crippen LogP contribution < -0.4 is 0 Å². The molecule has 0 radical (unpaired) electrons. The Morgan fingerprint density at radius 1 is 1.24 bits per heavy atom. The number of nitrogens with zero attached hydrogens (tertiary/aromatic N) is 2. The maximum Gasteiger partial charge on any atom is 0.283 e. The molecule has 4 nitrogen and oxygen atoms in total. The Balaban J connectivity index is 2.92. The highest BCUT2D eigenvalue weighted by Crippen LogP contribution is 2.16. The summed E-state index contributed by atoms with van der Waals surface area (Å²) in [6.07, 6.45) is 1.37. The summed E-state index contributed by atoms with van der Waals surface area (Å²) >= 11 is 3.26. The summed E-state index contributed by atoms with van der Waals surface area (Å²) in [7, 11) is -3.59. The zero-order valence-electron chi connectivity index (χ0n) is 9.80. The molecule has 0 unspecified atom stereocenters. The second kappa shape index (κ2) is 6.16. The third-order valence-corrected chi connectivity index (χ3v) is 4.04. The molecule has 0 saturated carbocycles. The lowest BCUT2D eigenvalue weighted by molar-refractivity contribution is 0.480. The van der Waals surface area contributed by atoms with Gasteiger partial charge >= 0.3 is 0 Å². The molecule has 1 rings (SSSR count). The normalized spacial score (nSPS) is 11.9. The van der Waals surface area contributed by atoms with Crippen LogP contribution in [0, 0.1) is 0 Å². The molecule has 0 N–H and O–H groups in total. The average molecular weight is 319 g/mol. The molecule has 0 aliphatic carbocycles. The van der Waals surface area contributed by atoms with E-state index in [0.29, 0.717) is 0 Å². The molecule has 0 saturated heterocycles. The molecular weight excluding hydrogens is 304 g/mol. The van der Waals surface area contributed by atoms with Gasteiger partial charge in [-0.2, -0.15) is 8.42 Å². The first-order valence-corrected chi connectivity index (χ1v) is 7.53. The van der Waals surface area contributed by atoms with Crippen LogP contribution in [-0.4, -0.2) is 32.7 Å². The van der Waals surface area contributed by atoms with Crippen molar-refractivity contribution >= 4 is 32.3 Å². The summed E-state index contributed by atoms with van der Waals surface area (Å²) in [6.45, 7) is 5.36. The number of halogens is 1. The predicted molar refractivity (Wildman–Crippen MR) is 72.7 cm³/mol. The van der Waals surface area contributed by atoms with Gasteiger partial charge in [0.15, 0.2) is 0 Å². The zero-order chi connectivity index (χ0) is 12.9. The van der Waals surface area contributed by atoms with E-state index < -0.39 is 10.0 Å². The Kier molecular flexibility index (Phi) is 5.14. The predicted octanol–water partition coefficient (Wildman–Crippen LogP) is 2.51. The van der Waals surface area contributed by atoms with E-state index in [1.165, 1.54) is 18.5 Å². The summed E-state index contributed by atoms with van der Waals surface area (Å²) in [4.78, 5) is 2.01. The standard InChI is InChI=1S/C11H15BrN2O2S/c1-3-14(4-2)9-13-17(15,16)11-7-5-10(12)6-8-11/h5-9H,3-4H2,1-2H3. The summed E-state index contributed by atoms with van der Waals surface area (Å²) in [5.74, 6) is 0. The van der Waals surface area contributed by atoms with Gasteiger partial charge in [-0.15, -0.1) is 4.40 Å². The molecular formula is C11H15BrN2O2S. The maximum absolute atomic E-state index is 11.8. The van der Waals surface area contributed by atoms with Crippen LogP contribution in [0.5, 0.6) is 0 Å². The van der Waals surface area contributed by atoms with Crippen molar-refractivity contribution < 1.29 is 8.42 Å². The van der Waals surface area contributed by atoms with E-state index in [1.54, 1.807) is 12.1 Å². The number of hydrogen-bond acceptors (Lipinski definition) is 2. The Morgan fingerprint density at radius 2 is 1.76 bits per heavy atom. The van der Waals surface area contributed by atoms with Crippen molar-refractivity contribution in [3.63, 3.8) is 0 Å². The fourth-order valence-corrected chi connectivity index (χ4v) is 2.31. The summed E-state index contributed by atoms with van der Waals surface area (Å²) < 4.78 is 28.2. The Morgan fingerprint density at radius 3 is 2.24 bits per heavy atom. The van der Waals surface area contributed by atoms with Crippen LogP contribution in [0.4, 0.5) is 0 Å². The number of hydrogen-bond donors (Lipinski definition) is 0. The molecule has 0 heterocycles. The van der Waals surface area contributed by atoms with Crippen LogP contribution >= 0.6 is 15.9 Å². The van der Waals surface area contributed by atoms with Crippen molar-refractivity contribution in [2.75, 3.05) is 13.1 Å². The molecule has 0 aliphatic heterocycles. The highest BCUT2D eigenvalue weighted by molar-refractivity contribution is 9.10. The van der Waals surface area contributed by atoms with Gasteiger partial charge in [0.1, 0.15) is 6.34 Å². The molecule has 1 aromatic carbocycles. The highest BCUT2D eigenvalue weighted by Gasteiger charge is 2.11. The van der Waals surface area contributed by atoms with E-state index in [1.807, 2.05) is 18.7 Å². The van der Waals surface area contributed by atoms with E-state index in [2.05, 4.69) is 20.3 Å². The molecule has 0 fully saturated rings. The summed E-state index contributed by atoms with van der Waals surface area (Å²) in [5, 5.41) is 0. The lowest BCUT2D eigenvalue weighted by Gasteiger charge is -2.13. The molecule has 0 atom stereocenters. The zero-order valence-corrected chi connectivity index (χ0v) is 12.2. The first-order chi connectivity index (χ1) is 7.99. The van der Waals surface area contributed by atoms with Crippen LogP contribution in [0.1, 0.15) is 13.8 Å². The highest BCUT2D eigenvalue weighted by atomic mass is 79.9. The molecule has 17 heavy (non-hydrogen) atoms. The minimum absolute atomic E-state index is 0.198. The van der Waals surface area contributed by atoms with Crippen molar-refractivity contribution in [3.05, 3.63) is 28.7 Å². The Labute approximate surface area is 111 Å². The van der Waals surface area contributed by atoms with Gasteiger partial charge in [-0.25, -0.2) is 0 Å². The van der Waals surface area contributed by atoms with Crippen LogP contribution in [0.25, 0.3) is 0 Å². The molecule has 0 bridgehead atoms. The van der Waals surface area contributed by atoms with Crippen molar-refractivity contribution in [2.24, 2.45) is 4.40 Å². The number of sulfonamides is 1. The van der Waals surface area contributed by atoms with Crippen LogP contribution in [0.15, 0.2) is 38.0 Å². The van der Waals surface area contributed by atoms with E-state index in [0.717, 1.165) is 17.6 Å². The van der Waals surface area contributed by atoms with Gasteiger partial charge in [0.05, 0.1) is 4.90 Å². The monoisotopic (exact) mass is 318 g/mol. The lowest BCUT2D eigenvalue weighted by Crippen LogP contribution is -2.21. The molecule has 0 amide bonds. The first kappa shape index (κ1) is 14.2. The largest absolute Gasteiger partial charge is 0.362 e. The van der Waals surface area contributed by atoms with E-state index in [-0.39, 0.29) is 4.90 Å². The van der Waals surface area contributed by atoms with Crippen molar-refractivity contribution in [3.8, 4) is 0 Å². The van der Waals surface area contributed by atoms with Gasteiger partial charge in [0.25, 0.3) is 10.0 Å². The van der Waals surface area contributed by atoms with Crippen LogP contribution in [0.3, 0.4) is 0 Å². The molecule has 0 aromatic heterocycles. The second-order valence-electron chi connectivity index (χ2n) is 3.37. The summed E-state index contributed by atoms with van der Waals surface area (Å²) in [6, 6.07) is 6.41. The fourth-order valence-electron chi connectivity index (χ4n) is 1.18. The fraction of sp³-hybridized carbons (Fsp3) is 0.364. The second-order valence-corrected chi connectivity index (χ2v) is 5.92. The quantitative estimate of drug-likeness (QED) is 0.619. The van der Waals surface area contributed by atoms with Crippen molar-refractivity contribution in [1.82, 2.24) is 4.90 Å². The van der Waals surface area contributed by atoms with Gasteiger partial charge in [0.2, 0.25) is 0 Å². The number of benzene rings is 1. The minimum Gasteiger partial charge on any atom is -0.362 e. The molecule has 0 aliphatic rings. The smallest absolute Gasteiger partial charge is 0.283 e. The average Bonchev–Trinajstić information content (AvgIpc) is 2.31. The Hall–Kier alpha value is -0.880. The van der Waals surface area contributed by atoms with E-state index in [4.69, 9.17) is 0 Å². The topological polar surface area (TPSA) is 49.7 Å². The molecule has 6 heteroatoms. The van der Waals surface area contributed by atoms with Gasteiger partial charge in [-0.1, -0.05) is 15.9 Å². The maximum atomic E-state index is 11.8. The first-order valence-electron chi connectivity index (χ1n) is 5.29. The summed E-state index contributed by atoms with van der Waals surface area (Å²) in [5.41, 5.74) is 0. The number of rotatable bonds is 5. The van der Waals surface area contributed by atoms with Crippen molar-refractivity contribution in [2.45, 2.75) is 18.7 Å². The van der Waals surface area contributed by atoms with Gasteiger partial charge in [-0.3, -0.25) is 0 Å². The van der Waals surface area contributed by atoms with Gasteiger partial charge in [-0.05, 0) is 38.1 Å². The van der Waals surface area contributed by atoms with E-state index in [9.17, 15) is 8.42 Å². The van der Waals surface area contributed by atoms with E-state index >= 15 is 0 Å². The Bertz CT molecular complexity index is 479. The molecule has 0 spiro atoms. The molecule has 1 aromatic rings.